The first kappa shape index (κ1) is 39.8. The van der Waals surface area contributed by atoms with Gasteiger partial charge in [-0.25, -0.2) is 14.8 Å². The van der Waals surface area contributed by atoms with Gasteiger partial charge < -0.3 is 40.0 Å². The Morgan fingerprint density at radius 3 is 2.47 bits per heavy atom. The third-order valence-electron chi connectivity index (χ3n) is 9.73. The zero-order chi connectivity index (χ0) is 40.1. The van der Waals surface area contributed by atoms with Crippen molar-refractivity contribution in [3.63, 3.8) is 0 Å². The minimum atomic E-state index is -0.530. The van der Waals surface area contributed by atoms with Gasteiger partial charge in [0.1, 0.15) is 42.5 Å². The van der Waals surface area contributed by atoms with E-state index in [2.05, 4.69) is 38.3 Å². The van der Waals surface area contributed by atoms with Crippen LogP contribution in [-0.2, 0) is 11.3 Å². The SMILES string of the molecule is COc1cc(NC(=O)c2cc(N3CCN(C(=O)OCc4ccccc4)[C@@H](CC#N)C3)nc(OC[C@H]3CCCN3C)n2)c2ccccc2c1.NC(=O)c1ccncn1. The number of ether oxygens (including phenoxy) is 3. The first-order chi connectivity index (χ1) is 27.7. The molecule has 2 atom stereocenters. The Morgan fingerprint density at radius 1 is 0.965 bits per heavy atom. The number of nitrogens with zero attached hydrogens (tertiary/aromatic N) is 8. The molecule has 0 unspecified atom stereocenters. The third kappa shape index (κ3) is 10.5. The number of likely N-dealkylation sites (tertiary alicyclic amines) is 1. The molecule has 3 aromatic carbocycles. The second kappa shape index (κ2) is 19.1. The highest BCUT2D eigenvalue weighted by molar-refractivity contribution is 6.09. The maximum absolute atomic E-state index is 13.8. The third-order valence-corrected chi connectivity index (χ3v) is 9.73. The Labute approximate surface area is 330 Å². The highest BCUT2D eigenvalue weighted by Gasteiger charge is 2.33. The molecule has 7 rings (SSSR count). The number of piperazine rings is 1. The number of methoxy groups -OCH3 is 1. The van der Waals surface area contributed by atoms with E-state index < -0.39 is 23.9 Å². The van der Waals surface area contributed by atoms with Gasteiger partial charge in [-0.15, -0.1) is 0 Å². The van der Waals surface area contributed by atoms with Crippen molar-refractivity contribution in [2.24, 2.45) is 5.73 Å². The van der Waals surface area contributed by atoms with Crippen LogP contribution < -0.4 is 25.4 Å². The van der Waals surface area contributed by atoms with Crippen LogP contribution in [0.5, 0.6) is 11.8 Å². The highest BCUT2D eigenvalue weighted by atomic mass is 16.6. The molecule has 0 radical (unpaired) electrons. The number of nitriles is 1. The van der Waals surface area contributed by atoms with E-state index >= 15 is 0 Å². The van der Waals surface area contributed by atoms with Crippen molar-refractivity contribution >= 4 is 40.2 Å². The molecule has 2 aliphatic heterocycles. The Kier molecular flexibility index (Phi) is 13.4. The van der Waals surface area contributed by atoms with E-state index in [0.717, 1.165) is 35.7 Å². The molecular weight excluding hydrogens is 729 g/mol. The number of benzene rings is 3. The van der Waals surface area contributed by atoms with Crippen molar-refractivity contribution in [2.75, 3.05) is 57.2 Å². The number of fused-ring (bicyclic) bond motifs is 1. The second-order valence-electron chi connectivity index (χ2n) is 13.5. The van der Waals surface area contributed by atoms with Crippen LogP contribution in [-0.4, -0.2) is 107 Å². The lowest BCUT2D eigenvalue weighted by atomic mass is 10.1. The summed E-state index contributed by atoms with van der Waals surface area (Å²) in [6.07, 6.45) is 4.47. The van der Waals surface area contributed by atoms with Gasteiger partial charge in [-0.3, -0.25) is 9.59 Å². The van der Waals surface area contributed by atoms with E-state index in [1.807, 2.05) is 65.6 Å². The molecule has 294 valence electrons. The van der Waals surface area contributed by atoms with E-state index in [4.69, 9.17) is 24.9 Å². The molecule has 57 heavy (non-hydrogen) atoms. The lowest BCUT2D eigenvalue weighted by Crippen LogP contribution is -2.55. The van der Waals surface area contributed by atoms with E-state index in [9.17, 15) is 19.6 Å². The minimum Gasteiger partial charge on any atom is -0.497 e. The first-order valence-electron chi connectivity index (χ1n) is 18.5. The van der Waals surface area contributed by atoms with Crippen LogP contribution in [0.25, 0.3) is 10.8 Å². The molecule has 0 aliphatic carbocycles. The van der Waals surface area contributed by atoms with Crippen LogP contribution in [0.15, 0.2) is 91.4 Å². The number of anilines is 2. The Bertz CT molecular complexity index is 2200. The predicted molar refractivity (Wildman–Crippen MR) is 212 cm³/mol. The molecule has 0 saturated carbocycles. The molecule has 2 aliphatic rings. The van der Waals surface area contributed by atoms with Crippen LogP contribution in [0.4, 0.5) is 16.3 Å². The number of carbonyl (C=O) groups excluding carboxylic acids is 3. The van der Waals surface area contributed by atoms with Crippen molar-refractivity contribution in [2.45, 2.75) is 38.0 Å². The summed E-state index contributed by atoms with van der Waals surface area (Å²) in [7, 11) is 3.65. The van der Waals surface area contributed by atoms with E-state index in [1.165, 1.54) is 18.6 Å². The smallest absolute Gasteiger partial charge is 0.410 e. The lowest BCUT2D eigenvalue weighted by molar-refractivity contribution is 0.0767. The molecule has 16 nitrogen and oxygen atoms in total. The van der Waals surface area contributed by atoms with E-state index in [-0.39, 0.29) is 36.5 Å². The van der Waals surface area contributed by atoms with Crippen molar-refractivity contribution in [3.05, 3.63) is 108 Å². The number of nitrogens with one attached hydrogen (secondary N) is 1. The van der Waals surface area contributed by atoms with Gasteiger partial charge in [-0.2, -0.15) is 15.2 Å². The van der Waals surface area contributed by atoms with Crippen molar-refractivity contribution < 1.29 is 28.6 Å². The zero-order valence-electron chi connectivity index (χ0n) is 31.8. The number of carbonyl (C=O) groups is 3. The fourth-order valence-electron chi connectivity index (χ4n) is 6.63. The maximum atomic E-state index is 13.8. The van der Waals surface area contributed by atoms with Gasteiger partial charge in [0, 0.05) is 49.4 Å². The molecule has 2 aromatic heterocycles. The molecule has 4 heterocycles. The van der Waals surface area contributed by atoms with Gasteiger partial charge in [0.15, 0.2) is 0 Å². The summed E-state index contributed by atoms with van der Waals surface area (Å²) in [5.74, 6) is 0.121. The Hall–Kier alpha value is -6.86. The summed E-state index contributed by atoms with van der Waals surface area (Å²) in [5.41, 5.74) is 6.72. The summed E-state index contributed by atoms with van der Waals surface area (Å²) in [5, 5.41) is 14.4. The topological polar surface area (TPSA) is 202 Å². The fraction of sp³-hybridized carbons (Fsp3) is 0.317. The molecule has 2 saturated heterocycles. The number of hydrogen-bond acceptors (Lipinski definition) is 13. The first-order valence-corrected chi connectivity index (χ1v) is 18.5. The number of hydrogen-bond donors (Lipinski definition) is 2. The number of likely N-dealkylation sites (N-methyl/N-ethyl adjacent to an activating group) is 1. The molecular formula is C41H44N10O6. The maximum Gasteiger partial charge on any atom is 0.410 e. The van der Waals surface area contributed by atoms with Gasteiger partial charge >= 0.3 is 12.1 Å². The van der Waals surface area contributed by atoms with Crippen LogP contribution in [0.2, 0.25) is 0 Å². The van der Waals surface area contributed by atoms with E-state index in [1.54, 1.807) is 24.1 Å². The normalized spacial score (nSPS) is 16.5. The summed E-state index contributed by atoms with van der Waals surface area (Å²) < 4.78 is 17.2. The summed E-state index contributed by atoms with van der Waals surface area (Å²) >= 11 is 0. The second-order valence-corrected chi connectivity index (χ2v) is 13.5. The average molecular weight is 773 g/mol. The summed E-state index contributed by atoms with van der Waals surface area (Å²) in [6, 6.07) is 26.0. The molecule has 3 N–H and O–H groups in total. The fourth-order valence-corrected chi connectivity index (χ4v) is 6.63. The van der Waals surface area contributed by atoms with Gasteiger partial charge in [-0.05, 0) is 49.5 Å². The highest BCUT2D eigenvalue weighted by Crippen LogP contribution is 2.30. The van der Waals surface area contributed by atoms with Crippen LogP contribution in [0, 0.1) is 11.3 Å². The lowest BCUT2D eigenvalue weighted by Gasteiger charge is -2.40. The van der Waals surface area contributed by atoms with Crippen molar-refractivity contribution in [3.8, 4) is 17.8 Å². The van der Waals surface area contributed by atoms with Crippen molar-refractivity contribution in [1.82, 2.24) is 29.7 Å². The van der Waals surface area contributed by atoms with Gasteiger partial charge in [0.25, 0.3) is 11.8 Å². The summed E-state index contributed by atoms with van der Waals surface area (Å²) in [4.78, 5) is 59.5. The Balaban J connectivity index is 0.000000538. The predicted octanol–water partition coefficient (Wildman–Crippen LogP) is 4.68. The molecule has 16 heteroatoms. The minimum absolute atomic E-state index is 0.0926. The van der Waals surface area contributed by atoms with Crippen molar-refractivity contribution in [1.29, 1.82) is 5.26 Å². The number of rotatable bonds is 11. The monoisotopic (exact) mass is 772 g/mol. The van der Waals surface area contributed by atoms with Gasteiger partial charge in [0.05, 0.1) is 31.3 Å². The van der Waals surface area contributed by atoms with Crippen LogP contribution in [0.3, 0.4) is 0 Å². The molecule has 5 aromatic rings. The van der Waals surface area contributed by atoms with E-state index in [0.29, 0.717) is 43.5 Å². The van der Waals surface area contributed by atoms with Gasteiger partial charge in [0.2, 0.25) is 0 Å². The molecule has 3 amide bonds. The number of nitrogens with two attached hydrogens (primary N) is 1. The average Bonchev–Trinajstić information content (AvgIpc) is 3.66. The number of amides is 3. The summed E-state index contributed by atoms with van der Waals surface area (Å²) in [6.45, 7) is 2.56. The number of aromatic nitrogens is 4. The zero-order valence-corrected chi connectivity index (χ0v) is 31.8. The molecule has 0 bridgehead atoms. The van der Waals surface area contributed by atoms with Crippen LogP contribution >= 0.6 is 0 Å². The quantitative estimate of drug-likeness (QED) is 0.188. The number of primary amides is 1. The Morgan fingerprint density at radius 2 is 1.77 bits per heavy atom. The van der Waals surface area contributed by atoms with Crippen LogP contribution in [0.1, 0.15) is 45.8 Å². The van der Waals surface area contributed by atoms with Gasteiger partial charge in [-0.1, -0.05) is 54.6 Å². The molecule has 2 fully saturated rings. The standard InChI is InChI=1S/C36H39N7O5.C5H5N3O/c1-41-16-8-12-28(41)24-47-35-39-32(34(44)38-31-20-29(46-2)19-26-11-6-7-13-30(26)31)21-33(40-35)42-17-18-43(27(22-42)14-15-37)36(45)48-23-25-9-4-3-5-10-25;6-5(9)4-1-2-7-3-8-4/h3-7,9-11,13,19-21,27-28H,8,12,14,16-18,22-24H2,1-2H3,(H,38,44);1-3H,(H2,6,9)/t27-,28+;/m0./s1. The largest absolute Gasteiger partial charge is 0.497 e. The molecule has 0 spiro atoms.